The van der Waals surface area contributed by atoms with Crippen LogP contribution in [0.15, 0.2) is 41.9 Å². The molecular formula is C15H24IN3OS. The lowest BCUT2D eigenvalue weighted by atomic mass is 10.3. The molecule has 118 valence electrons. The molecule has 4 nitrogen and oxygen atoms in total. The van der Waals surface area contributed by atoms with E-state index in [9.17, 15) is 0 Å². The molecule has 0 aromatic heterocycles. The van der Waals surface area contributed by atoms with Crippen LogP contribution < -0.4 is 15.8 Å². The first-order valence-corrected chi connectivity index (χ1v) is 7.79. The van der Waals surface area contributed by atoms with E-state index in [0.717, 1.165) is 22.9 Å². The van der Waals surface area contributed by atoms with Gasteiger partial charge in [0.2, 0.25) is 0 Å². The molecule has 0 aliphatic rings. The summed E-state index contributed by atoms with van der Waals surface area (Å²) in [5.74, 6) is 3.17. The summed E-state index contributed by atoms with van der Waals surface area (Å²) < 4.78 is 5.58. The van der Waals surface area contributed by atoms with Crippen molar-refractivity contribution in [2.75, 3.05) is 23.4 Å². The van der Waals surface area contributed by atoms with Crippen molar-refractivity contribution in [2.24, 2.45) is 10.7 Å². The smallest absolute Gasteiger partial charge is 0.193 e. The van der Waals surface area contributed by atoms with Crippen LogP contribution in [0.25, 0.3) is 0 Å². The summed E-state index contributed by atoms with van der Waals surface area (Å²) in [5, 5.41) is 3.06. The molecule has 3 N–H and O–H groups in total. The third-order valence-electron chi connectivity index (χ3n) is 2.25. The number of ether oxygens (including phenoxy) is 1. The Morgan fingerprint density at radius 3 is 2.67 bits per heavy atom. The molecule has 0 unspecified atom stereocenters. The highest BCUT2D eigenvalue weighted by atomic mass is 127. The number of nitrogens with zero attached hydrogens (tertiary/aromatic N) is 1. The van der Waals surface area contributed by atoms with Gasteiger partial charge >= 0.3 is 0 Å². The monoisotopic (exact) mass is 421 g/mol. The van der Waals surface area contributed by atoms with E-state index in [1.165, 1.54) is 0 Å². The van der Waals surface area contributed by atoms with Gasteiger partial charge in [-0.25, -0.2) is 0 Å². The standard InChI is InChI=1S/C15H23N3OS.HI/c1-4-10-20-11-9-17-15(16)18-13-5-7-14(8-6-13)19-12(2)3;/h4-8,12H,1,9-11H2,2-3H3,(H3,16,17,18);1H. The highest BCUT2D eigenvalue weighted by Gasteiger charge is 1.99. The topological polar surface area (TPSA) is 59.6 Å². The number of halogens is 1. The Labute approximate surface area is 148 Å². The quantitative estimate of drug-likeness (QED) is 0.221. The number of nitrogens with two attached hydrogens (primary N) is 1. The molecule has 0 fully saturated rings. The summed E-state index contributed by atoms with van der Waals surface area (Å²) >= 11 is 1.78. The molecule has 0 aliphatic carbocycles. The Bertz CT molecular complexity index is 435. The van der Waals surface area contributed by atoms with Gasteiger partial charge in [0.25, 0.3) is 0 Å². The number of nitrogens with one attached hydrogen (secondary N) is 1. The summed E-state index contributed by atoms with van der Waals surface area (Å²) in [4.78, 5) is 4.26. The van der Waals surface area contributed by atoms with Crippen molar-refractivity contribution in [3.05, 3.63) is 36.9 Å². The minimum atomic E-state index is 0. The van der Waals surface area contributed by atoms with Gasteiger partial charge in [0, 0.05) is 17.2 Å². The molecule has 21 heavy (non-hydrogen) atoms. The molecule has 0 aliphatic heterocycles. The van der Waals surface area contributed by atoms with Crippen LogP contribution in [0, 0.1) is 0 Å². The summed E-state index contributed by atoms with van der Waals surface area (Å²) in [5.41, 5.74) is 6.72. The lowest BCUT2D eigenvalue weighted by Crippen LogP contribution is -2.23. The minimum absolute atomic E-state index is 0. The first-order chi connectivity index (χ1) is 9.61. The number of benzene rings is 1. The van der Waals surface area contributed by atoms with Crippen LogP contribution in [0.1, 0.15) is 13.8 Å². The van der Waals surface area contributed by atoms with E-state index in [1.54, 1.807) is 11.8 Å². The average Bonchev–Trinajstić information content (AvgIpc) is 2.40. The van der Waals surface area contributed by atoms with Crippen molar-refractivity contribution >= 4 is 47.4 Å². The molecule has 0 saturated heterocycles. The highest BCUT2D eigenvalue weighted by Crippen LogP contribution is 2.16. The van der Waals surface area contributed by atoms with Crippen molar-refractivity contribution in [2.45, 2.75) is 20.0 Å². The molecule has 0 heterocycles. The van der Waals surface area contributed by atoms with Gasteiger partial charge in [0.15, 0.2) is 5.96 Å². The summed E-state index contributed by atoms with van der Waals surface area (Å²) in [6, 6.07) is 7.67. The lowest BCUT2D eigenvalue weighted by Gasteiger charge is -2.10. The van der Waals surface area contributed by atoms with E-state index < -0.39 is 0 Å². The Morgan fingerprint density at radius 2 is 2.10 bits per heavy atom. The average molecular weight is 421 g/mol. The van der Waals surface area contributed by atoms with Crippen molar-refractivity contribution in [3.8, 4) is 5.75 Å². The van der Waals surface area contributed by atoms with Crippen molar-refractivity contribution in [1.82, 2.24) is 0 Å². The number of hydrogen-bond donors (Lipinski definition) is 2. The van der Waals surface area contributed by atoms with Gasteiger partial charge in [-0.15, -0.1) is 30.6 Å². The van der Waals surface area contributed by atoms with E-state index in [0.29, 0.717) is 12.5 Å². The fourth-order valence-corrected chi connectivity index (χ4v) is 2.03. The Balaban J connectivity index is 0.00000400. The van der Waals surface area contributed by atoms with Gasteiger partial charge in [-0.2, -0.15) is 11.8 Å². The van der Waals surface area contributed by atoms with Gasteiger partial charge in [-0.05, 0) is 38.1 Å². The fourth-order valence-electron chi connectivity index (χ4n) is 1.47. The molecular weight excluding hydrogens is 397 g/mol. The second-order valence-electron chi connectivity index (χ2n) is 4.45. The molecule has 1 aromatic carbocycles. The summed E-state index contributed by atoms with van der Waals surface area (Å²) in [6.07, 6.45) is 2.06. The highest BCUT2D eigenvalue weighted by molar-refractivity contribution is 14.0. The summed E-state index contributed by atoms with van der Waals surface area (Å²) in [7, 11) is 0. The van der Waals surface area contributed by atoms with Crippen LogP contribution in [0.4, 0.5) is 5.69 Å². The van der Waals surface area contributed by atoms with Crippen molar-refractivity contribution < 1.29 is 4.74 Å². The molecule has 1 rings (SSSR count). The maximum atomic E-state index is 5.82. The molecule has 0 saturated carbocycles. The van der Waals surface area contributed by atoms with Crippen LogP contribution in [-0.4, -0.2) is 30.1 Å². The first kappa shape index (κ1) is 20.1. The van der Waals surface area contributed by atoms with E-state index in [-0.39, 0.29) is 30.1 Å². The van der Waals surface area contributed by atoms with Gasteiger partial charge < -0.3 is 15.8 Å². The molecule has 1 aromatic rings. The van der Waals surface area contributed by atoms with Gasteiger partial charge in [-0.3, -0.25) is 4.99 Å². The van der Waals surface area contributed by atoms with Crippen LogP contribution in [0.3, 0.4) is 0 Å². The van der Waals surface area contributed by atoms with E-state index in [1.807, 2.05) is 44.2 Å². The maximum Gasteiger partial charge on any atom is 0.193 e. The Kier molecular flexibility index (Phi) is 11.2. The van der Waals surface area contributed by atoms with Gasteiger partial charge in [0.05, 0.1) is 12.6 Å². The Hall–Kier alpha value is -0.890. The molecule has 0 bridgehead atoms. The molecule has 0 spiro atoms. The maximum absolute atomic E-state index is 5.82. The number of anilines is 1. The van der Waals surface area contributed by atoms with E-state index in [2.05, 4.69) is 16.9 Å². The van der Waals surface area contributed by atoms with Crippen LogP contribution in [0.5, 0.6) is 5.75 Å². The second-order valence-corrected chi connectivity index (χ2v) is 5.60. The van der Waals surface area contributed by atoms with E-state index >= 15 is 0 Å². The minimum Gasteiger partial charge on any atom is -0.491 e. The fraction of sp³-hybridized carbons (Fsp3) is 0.400. The van der Waals surface area contributed by atoms with Gasteiger partial charge in [0.1, 0.15) is 5.75 Å². The largest absolute Gasteiger partial charge is 0.491 e. The number of rotatable bonds is 8. The van der Waals surface area contributed by atoms with Gasteiger partial charge in [-0.1, -0.05) is 6.08 Å². The number of guanidine groups is 1. The predicted octanol–water partition coefficient (Wildman–Crippen LogP) is 3.74. The van der Waals surface area contributed by atoms with Crippen LogP contribution >= 0.6 is 35.7 Å². The van der Waals surface area contributed by atoms with Crippen LogP contribution in [-0.2, 0) is 0 Å². The third kappa shape index (κ3) is 9.62. The third-order valence-corrected chi connectivity index (χ3v) is 3.19. The summed E-state index contributed by atoms with van der Waals surface area (Å²) in [6.45, 7) is 8.37. The Morgan fingerprint density at radius 1 is 1.43 bits per heavy atom. The first-order valence-electron chi connectivity index (χ1n) is 6.64. The molecule has 6 heteroatoms. The zero-order valence-electron chi connectivity index (χ0n) is 12.5. The molecule has 0 atom stereocenters. The van der Waals surface area contributed by atoms with Crippen molar-refractivity contribution in [3.63, 3.8) is 0 Å². The molecule has 0 amide bonds. The lowest BCUT2D eigenvalue weighted by molar-refractivity contribution is 0.242. The van der Waals surface area contributed by atoms with Crippen LogP contribution in [0.2, 0.25) is 0 Å². The van der Waals surface area contributed by atoms with Crippen molar-refractivity contribution in [1.29, 1.82) is 0 Å². The number of aliphatic imine (C=N–C) groups is 1. The number of hydrogen-bond acceptors (Lipinski definition) is 3. The SMILES string of the molecule is C=CCSCCN=C(N)Nc1ccc(OC(C)C)cc1.I. The molecule has 0 radical (unpaired) electrons. The zero-order valence-corrected chi connectivity index (χ0v) is 15.7. The number of thioether (sulfide) groups is 1. The zero-order chi connectivity index (χ0) is 14.8. The van der Waals surface area contributed by atoms with E-state index in [4.69, 9.17) is 10.5 Å². The second kappa shape index (κ2) is 11.7. The normalized spacial score (nSPS) is 10.9. The predicted molar refractivity (Wildman–Crippen MR) is 105 cm³/mol.